The number of aliphatic hydroxyl groups excluding tert-OH is 2. The molecule has 0 unspecified atom stereocenters. The molecule has 0 saturated heterocycles. The molecule has 2 aliphatic rings. The lowest BCUT2D eigenvalue weighted by atomic mass is 9.55. The lowest BCUT2D eigenvalue weighted by Gasteiger charge is -2.52. The van der Waals surface area contributed by atoms with Crippen molar-refractivity contribution in [3.8, 4) is 0 Å². The third-order valence-electron chi connectivity index (χ3n) is 5.32. The van der Waals surface area contributed by atoms with Crippen LogP contribution in [0.3, 0.4) is 0 Å². The van der Waals surface area contributed by atoms with Crippen LogP contribution in [0.1, 0.15) is 46.0 Å². The van der Waals surface area contributed by atoms with E-state index >= 15 is 0 Å². The van der Waals surface area contributed by atoms with Crippen LogP contribution in [-0.4, -0.2) is 33.6 Å². The van der Waals surface area contributed by atoms with Crippen molar-refractivity contribution in [2.45, 2.75) is 57.7 Å². The number of hydrogen-bond donors (Lipinski definition) is 3. The van der Waals surface area contributed by atoms with Crippen LogP contribution in [0.25, 0.3) is 0 Å². The molecule has 0 spiro atoms. The van der Waals surface area contributed by atoms with Gasteiger partial charge in [0.1, 0.15) is 0 Å². The molecule has 0 bridgehead atoms. The Morgan fingerprint density at radius 3 is 2.78 bits per heavy atom. The van der Waals surface area contributed by atoms with Crippen molar-refractivity contribution in [3.63, 3.8) is 0 Å². The van der Waals surface area contributed by atoms with Crippen molar-refractivity contribution in [2.24, 2.45) is 17.3 Å². The summed E-state index contributed by atoms with van der Waals surface area (Å²) in [4.78, 5) is 0. The minimum Gasteiger partial charge on any atom is -0.393 e. The van der Waals surface area contributed by atoms with Gasteiger partial charge in [-0.3, -0.25) is 0 Å². The average Bonchev–Trinajstić information content (AvgIpc) is 2.27. The monoisotopic (exact) mass is 254 g/mol. The Morgan fingerprint density at radius 1 is 1.50 bits per heavy atom. The number of rotatable bonds is 2. The second-order valence-electron chi connectivity index (χ2n) is 6.91. The third kappa shape index (κ3) is 2.36. The van der Waals surface area contributed by atoms with Crippen LogP contribution < -0.4 is 0 Å². The molecule has 0 heterocycles. The van der Waals surface area contributed by atoms with Crippen molar-refractivity contribution in [3.05, 3.63) is 12.2 Å². The van der Waals surface area contributed by atoms with Crippen LogP contribution in [-0.2, 0) is 0 Å². The first-order valence-electron chi connectivity index (χ1n) is 6.97. The van der Waals surface area contributed by atoms with Gasteiger partial charge in [0.15, 0.2) is 0 Å². The van der Waals surface area contributed by atoms with E-state index in [1.54, 1.807) is 6.92 Å². The summed E-state index contributed by atoms with van der Waals surface area (Å²) in [6.07, 6.45) is 4.07. The topological polar surface area (TPSA) is 60.7 Å². The molecule has 2 aliphatic carbocycles. The number of aliphatic hydroxyl groups is 3. The van der Waals surface area contributed by atoms with Gasteiger partial charge >= 0.3 is 0 Å². The highest BCUT2D eigenvalue weighted by Crippen LogP contribution is 2.54. The van der Waals surface area contributed by atoms with Gasteiger partial charge in [-0.15, -0.1) is 0 Å². The van der Waals surface area contributed by atoms with Crippen molar-refractivity contribution in [1.29, 1.82) is 0 Å². The van der Waals surface area contributed by atoms with E-state index < -0.39 is 5.60 Å². The van der Waals surface area contributed by atoms with Gasteiger partial charge in [-0.1, -0.05) is 19.1 Å². The molecule has 3 N–H and O–H groups in total. The first-order chi connectivity index (χ1) is 8.28. The van der Waals surface area contributed by atoms with Gasteiger partial charge in [0, 0.05) is 0 Å². The van der Waals surface area contributed by atoms with E-state index in [0.29, 0.717) is 12.3 Å². The minimum absolute atomic E-state index is 0.122. The van der Waals surface area contributed by atoms with Crippen LogP contribution in [0, 0.1) is 17.3 Å². The molecule has 0 aromatic rings. The van der Waals surface area contributed by atoms with Crippen LogP contribution in [0.15, 0.2) is 12.2 Å². The Balaban J connectivity index is 2.16. The van der Waals surface area contributed by atoms with E-state index in [2.05, 4.69) is 13.5 Å². The molecule has 104 valence electrons. The SMILES string of the molecule is C=C1C[C@H](O)C[C@]2(C)CC[C@H]([C@](C)(O)CO)C[C@@H]12. The quantitative estimate of drug-likeness (QED) is 0.659. The molecule has 5 atom stereocenters. The predicted molar refractivity (Wildman–Crippen MR) is 71.0 cm³/mol. The van der Waals surface area contributed by atoms with Gasteiger partial charge in [-0.2, -0.15) is 0 Å². The summed E-state index contributed by atoms with van der Waals surface area (Å²) in [7, 11) is 0. The molecular formula is C15H26O3. The van der Waals surface area contributed by atoms with Crippen molar-refractivity contribution in [2.75, 3.05) is 6.61 Å². The molecule has 0 aliphatic heterocycles. The molecule has 0 aromatic carbocycles. The zero-order valence-electron chi connectivity index (χ0n) is 11.5. The molecule has 18 heavy (non-hydrogen) atoms. The molecule has 2 saturated carbocycles. The molecule has 0 aromatic heterocycles. The summed E-state index contributed by atoms with van der Waals surface area (Å²) in [6, 6.07) is 0. The third-order valence-corrected chi connectivity index (χ3v) is 5.32. The Kier molecular flexibility index (Phi) is 3.60. The summed E-state index contributed by atoms with van der Waals surface area (Å²) >= 11 is 0. The fourth-order valence-corrected chi connectivity index (χ4v) is 4.02. The van der Waals surface area contributed by atoms with Gasteiger partial charge in [-0.25, -0.2) is 0 Å². The van der Waals surface area contributed by atoms with Crippen LogP contribution >= 0.6 is 0 Å². The highest BCUT2D eigenvalue weighted by Gasteiger charge is 2.48. The largest absolute Gasteiger partial charge is 0.393 e. The van der Waals surface area contributed by atoms with E-state index in [0.717, 1.165) is 31.3 Å². The van der Waals surface area contributed by atoms with Gasteiger partial charge < -0.3 is 15.3 Å². The fourth-order valence-electron chi connectivity index (χ4n) is 4.02. The Bertz CT molecular complexity index is 337. The number of fused-ring (bicyclic) bond motifs is 1. The van der Waals surface area contributed by atoms with E-state index in [4.69, 9.17) is 0 Å². The maximum atomic E-state index is 10.2. The molecule has 3 nitrogen and oxygen atoms in total. The summed E-state index contributed by atoms with van der Waals surface area (Å²) in [6.45, 7) is 7.90. The van der Waals surface area contributed by atoms with Crippen LogP contribution in [0.5, 0.6) is 0 Å². The van der Waals surface area contributed by atoms with Crippen LogP contribution in [0.4, 0.5) is 0 Å². The Morgan fingerprint density at radius 2 is 2.17 bits per heavy atom. The molecule has 2 fully saturated rings. The van der Waals surface area contributed by atoms with Gasteiger partial charge in [0.2, 0.25) is 0 Å². The first kappa shape index (κ1) is 14.0. The summed E-state index contributed by atoms with van der Waals surface area (Å²) in [5.74, 6) is 0.505. The second-order valence-corrected chi connectivity index (χ2v) is 6.91. The lowest BCUT2D eigenvalue weighted by molar-refractivity contribution is -0.0897. The zero-order valence-corrected chi connectivity index (χ0v) is 11.5. The fraction of sp³-hybridized carbons (Fsp3) is 0.867. The van der Waals surface area contributed by atoms with Crippen molar-refractivity contribution in [1.82, 2.24) is 0 Å². The van der Waals surface area contributed by atoms with E-state index in [1.807, 2.05) is 0 Å². The van der Waals surface area contributed by atoms with Crippen molar-refractivity contribution >= 4 is 0 Å². The standard InChI is InChI=1S/C15H26O3/c1-10-6-12(17)8-14(2)5-4-11(7-13(10)14)15(3,18)9-16/h11-13,16-18H,1,4-9H2,2-3H3/t11-,12-,13-,14-,15+/m0/s1. The average molecular weight is 254 g/mol. The molecular weight excluding hydrogens is 228 g/mol. The molecule has 3 heteroatoms. The minimum atomic E-state index is -0.988. The Labute approximate surface area is 110 Å². The summed E-state index contributed by atoms with van der Waals surface area (Å²) < 4.78 is 0. The number of hydrogen-bond acceptors (Lipinski definition) is 3. The van der Waals surface area contributed by atoms with E-state index in [1.165, 1.54) is 0 Å². The zero-order chi connectivity index (χ0) is 13.6. The lowest BCUT2D eigenvalue weighted by Crippen LogP contribution is -2.48. The second kappa shape index (κ2) is 4.62. The smallest absolute Gasteiger partial charge is 0.0877 e. The van der Waals surface area contributed by atoms with Crippen LogP contribution in [0.2, 0.25) is 0 Å². The molecule has 2 rings (SSSR count). The van der Waals surface area contributed by atoms with Gasteiger partial charge in [0.25, 0.3) is 0 Å². The molecule has 0 radical (unpaired) electrons. The molecule has 0 amide bonds. The summed E-state index contributed by atoms with van der Waals surface area (Å²) in [5, 5.41) is 29.4. The normalized spacial score (nSPS) is 44.3. The van der Waals surface area contributed by atoms with Crippen molar-refractivity contribution < 1.29 is 15.3 Å². The first-order valence-corrected chi connectivity index (χ1v) is 6.97. The van der Waals surface area contributed by atoms with E-state index in [9.17, 15) is 15.3 Å². The maximum Gasteiger partial charge on any atom is 0.0877 e. The maximum absolute atomic E-state index is 10.2. The predicted octanol–water partition coefficient (Wildman–Crippen LogP) is 1.86. The van der Waals surface area contributed by atoms with Gasteiger partial charge in [-0.05, 0) is 56.3 Å². The highest BCUT2D eigenvalue weighted by molar-refractivity contribution is 5.15. The Hall–Kier alpha value is -0.380. The highest BCUT2D eigenvalue weighted by atomic mass is 16.3. The van der Waals surface area contributed by atoms with Gasteiger partial charge in [0.05, 0.1) is 18.3 Å². The summed E-state index contributed by atoms with van der Waals surface area (Å²) in [5.41, 5.74) is 0.253. The van der Waals surface area contributed by atoms with E-state index in [-0.39, 0.29) is 24.0 Å².